The molecule has 4 aromatic rings. The van der Waals surface area contributed by atoms with Gasteiger partial charge in [0, 0.05) is 35.1 Å². The Balaban J connectivity index is 1.41. The van der Waals surface area contributed by atoms with E-state index in [-0.39, 0.29) is 12.4 Å². The quantitative estimate of drug-likeness (QED) is 0.307. The second-order valence-electron chi connectivity index (χ2n) is 7.83. The lowest BCUT2D eigenvalue weighted by atomic mass is 10.1. The summed E-state index contributed by atoms with van der Waals surface area (Å²) in [5, 5.41) is 9.57. The molecule has 5 rings (SSSR count). The van der Waals surface area contributed by atoms with E-state index >= 15 is 0 Å². The lowest BCUT2D eigenvalue weighted by Gasteiger charge is -2.28. The zero-order valence-electron chi connectivity index (χ0n) is 18.7. The van der Waals surface area contributed by atoms with Crippen molar-refractivity contribution in [2.75, 3.05) is 13.7 Å². The van der Waals surface area contributed by atoms with Crippen LogP contribution in [0.5, 0.6) is 5.75 Å². The molecule has 1 atom stereocenters. The summed E-state index contributed by atoms with van der Waals surface area (Å²) in [6.07, 6.45) is -0.530. The van der Waals surface area contributed by atoms with Crippen LogP contribution in [0.3, 0.4) is 0 Å². The average Bonchev–Trinajstić information content (AvgIpc) is 3.29. The number of benzene rings is 3. The highest BCUT2D eigenvalue weighted by molar-refractivity contribution is 7.98. The normalized spacial score (nSPS) is 15.1. The zero-order valence-corrected chi connectivity index (χ0v) is 19.5. The van der Waals surface area contributed by atoms with E-state index in [0.717, 1.165) is 27.7 Å². The molecule has 34 heavy (non-hydrogen) atoms. The van der Waals surface area contributed by atoms with Crippen molar-refractivity contribution in [1.82, 2.24) is 14.8 Å². The first-order valence-corrected chi connectivity index (χ1v) is 12.0. The molecule has 0 bridgehead atoms. The third-order valence-corrected chi connectivity index (χ3v) is 6.53. The van der Waals surface area contributed by atoms with Crippen molar-refractivity contribution in [3.05, 3.63) is 95.3 Å². The smallest absolute Gasteiger partial charge is 0.227 e. The number of hydrogen-bond donors (Lipinski definition) is 0. The van der Waals surface area contributed by atoms with Crippen LogP contribution in [0.2, 0.25) is 0 Å². The van der Waals surface area contributed by atoms with Crippen LogP contribution < -0.4 is 4.74 Å². The lowest BCUT2D eigenvalue weighted by molar-refractivity contribution is -0.112. The number of rotatable bonds is 8. The first-order chi connectivity index (χ1) is 16.7. The van der Waals surface area contributed by atoms with Crippen molar-refractivity contribution < 1.29 is 18.6 Å². The van der Waals surface area contributed by atoms with Gasteiger partial charge in [-0.15, -0.1) is 10.2 Å². The molecule has 0 spiro atoms. The molecule has 1 aliphatic rings. The summed E-state index contributed by atoms with van der Waals surface area (Å²) in [4.78, 5) is 0. The Kier molecular flexibility index (Phi) is 6.89. The summed E-state index contributed by atoms with van der Waals surface area (Å²) in [6, 6.07) is 22.6. The maximum Gasteiger partial charge on any atom is 0.227 e. The van der Waals surface area contributed by atoms with E-state index in [1.165, 1.54) is 23.9 Å². The van der Waals surface area contributed by atoms with Gasteiger partial charge in [0.25, 0.3) is 0 Å². The average molecular weight is 478 g/mol. The molecule has 2 heterocycles. The van der Waals surface area contributed by atoms with Gasteiger partial charge in [-0.25, -0.2) is 4.39 Å². The number of ether oxygens (including phenoxy) is 3. The van der Waals surface area contributed by atoms with Crippen LogP contribution in [0.1, 0.15) is 23.0 Å². The van der Waals surface area contributed by atoms with Gasteiger partial charge in [0.1, 0.15) is 11.6 Å². The van der Waals surface area contributed by atoms with Crippen LogP contribution in [-0.2, 0) is 28.4 Å². The molecule has 174 valence electrons. The van der Waals surface area contributed by atoms with Crippen molar-refractivity contribution >= 4 is 11.8 Å². The third-order valence-electron chi connectivity index (χ3n) is 5.52. The van der Waals surface area contributed by atoms with Crippen molar-refractivity contribution in [3.63, 3.8) is 0 Å². The Bertz CT molecular complexity index is 1250. The molecule has 1 aliphatic heterocycles. The van der Waals surface area contributed by atoms with E-state index in [4.69, 9.17) is 14.2 Å². The molecule has 0 saturated carbocycles. The third kappa shape index (κ3) is 4.84. The minimum absolute atomic E-state index is 0.284. The maximum absolute atomic E-state index is 14.4. The SMILES string of the molecule is COCCn1c(SCc2cc(F)cc3c2O[C@H](c2ccccc2)OC3)nnc1-c1ccccc1. The van der Waals surface area contributed by atoms with Crippen molar-refractivity contribution in [1.29, 1.82) is 0 Å². The molecule has 0 saturated heterocycles. The molecular formula is C26H24FN3O3S. The van der Waals surface area contributed by atoms with E-state index in [2.05, 4.69) is 10.2 Å². The van der Waals surface area contributed by atoms with Gasteiger partial charge in [-0.2, -0.15) is 0 Å². The van der Waals surface area contributed by atoms with Crippen LogP contribution in [-0.4, -0.2) is 28.5 Å². The fourth-order valence-electron chi connectivity index (χ4n) is 3.88. The molecule has 6 nitrogen and oxygen atoms in total. The van der Waals surface area contributed by atoms with E-state index in [1.807, 2.05) is 65.2 Å². The summed E-state index contributed by atoms with van der Waals surface area (Å²) >= 11 is 1.49. The lowest BCUT2D eigenvalue weighted by Crippen LogP contribution is -2.19. The second-order valence-corrected chi connectivity index (χ2v) is 8.77. The predicted octanol–water partition coefficient (Wildman–Crippen LogP) is 5.63. The molecule has 3 aromatic carbocycles. The number of thioether (sulfide) groups is 1. The van der Waals surface area contributed by atoms with Gasteiger partial charge in [-0.05, 0) is 12.1 Å². The van der Waals surface area contributed by atoms with Crippen LogP contribution in [0.25, 0.3) is 11.4 Å². The second kappa shape index (κ2) is 10.4. The topological polar surface area (TPSA) is 58.4 Å². The van der Waals surface area contributed by atoms with Gasteiger partial charge < -0.3 is 14.2 Å². The fraction of sp³-hybridized carbons (Fsp3) is 0.231. The maximum atomic E-state index is 14.4. The highest BCUT2D eigenvalue weighted by atomic mass is 32.2. The van der Waals surface area contributed by atoms with Gasteiger partial charge in [-0.3, -0.25) is 4.57 Å². The van der Waals surface area contributed by atoms with Crippen LogP contribution in [0.4, 0.5) is 4.39 Å². The summed E-state index contributed by atoms with van der Waals surface area (Å²) in [5.74, 6) is 1.60. The van der Waals surface area contributed by atoms with Gasteiger partial charge in [-0.1, -0.05) is 72.4 Å². The molecule has 0 fully saturated rings. The summed E-state index contributed by atoms with van der Waals surface area (Å²) in [5.41, 5.74) is 3.36. The van der Waals surface area contributed by atoms with Gasteiger partial charge in [0.2, 0.25) is 6.29 Å². The summed E-state index contributed by atoms with van der Waals surface area (Å²) < 4.78 is 33.8. The summed E-state index contributed by atoms with van der Waals surface area (Å²) in [6.45, 7) is 1.42. The van der Waals surface area contributed by atoms with Gasteiger partial charge in [0.05, 0.1) is 19.8 Å². The standard InChI is InChI=1S/C26H24FN3O3S/c1-31-13-12-30-24(18-8-4-2-5-9-18)28-29-26(30)34-17-21-15-22(27)14-20-16-32-25(33-23(20)21)19-10-6-3-7-11-19/h2-11,14-15,25H,12-13,16-17H2,1H3/t25-/m1/s1. The zero-order chi connectivity index (χ0) is 23.3. The largest absolute Gasteiger partial charge is 0.460 e. The minimum atomic E-state index is -0.530. The molecule has 0 aliphatic carbocycles. The molecule has 0 unspecified atom stereocenters. The number of aromatic nitrogens is 3. The van der Waals surface area contributed by atoms with Crippen molar-refractivity contribution in [2.45, 2.75) is 30.4 Å². The first-order valence-electron chi connectivity index (χ1n) is 11.0. The highest BCUT2D eigenvalue weighted by Crippen LogP contribution is 2.39. The van der Waals surface area contributed by atoms with E-state index in [1.54, 1.807) is 7.11 Å². The Morgan fingerprint density at radius 1 is 1.06 bits per heavy atom. The van der Waals surface area contributed by atoms with E-state index in [9.17, 15) is 4.39 Å². The fourth-order valence-corrected chi connectivity index (χ4v) is 4.81. The van der Waals surface area contributed by atoms with Crippen LogP contribution in [0.15, 0.2) is 78.0 Å². The van der Waals surface area contributed by atoms with Gasteiger partial charge in [0.15, 0.2) is 11.0 Å². The Morgan fingerprint density at radius 2 is 1.82 bits per heavy atom. The predicted molar refractivity (Wildman–Crippen MR) is 128 cm³/mol. The molecule has 1 aromatic heterocycles. The van der Waals surface area contributed by atoms with Crippen LogP contribution >= 0.6 is 11.8 Å². The van der Waals surface area contributed by atoms with E-state index < -0.39 is 6.29 Å². The number of fused-ring (bicyclic) bond motifs is 1. The molecule has 0 amide bonds. The number of nitrogens with zero attached hydrogens (tertiary/aromatic N) is 3. The Labute approximate surface area is 201 Å². The molecular weight excluding hydrogens is 453 g/mol. The molecule has 0 N–H and O–H groups in total. The van der Waals surface area contributed by atoms with Crippen molar-refractivity contribution in [2.24, 2.45) is 0 Å². The number of hydrogen-bond acceptors (Lipinski definition) is 6. The first kappa shape index (κ1) is 22.6. The monoisotopic (exact) mass is 477 g/mol. The summed E-state index contributed by atoms with van der Waals surface area (Å²) in [7, 11) is 1.67. The highest BCUT2D eigenvalue weighted by Gasteiger charge is 2.25. The minimum Gasteiger partial charge on any atom is -0.460 e. The Morgan fingerprint density at radius 3 is 2.59 bits per heavy atom. The van der Waals surface area contributed by atoms with Crippen LogP contribution in [0, 0.1) is 5.82 Å². The molecule has 0 radical (unpaired) electrons. The number of halogens is 1. The Hall–Kier alpha value is -3.20. The number of methoxy groups -OCH3 is 1. The van der Waals surface area contributed by atoms with Crippen molar-refractivity contribution in [3.8, 4) is 17.1 Å². The van der Waals surface area contributed by atoms with Gasteiger partial charge >= 0.3 is 0 Å². The molecule has 8 heteroatoms. The van der Waals surface area contributed by atoms with E-state index in [0.29, 0.717) is 30.2 Å².